The Bertz CT molecular complexity index is 710. The molecule has 1 aromatic heterocycles. The molecule has 1 aliphatic rings. The molecule has 0 spiro atoms. The topological polar surface area (TPSA) is 92.9 Å². The molecule has 1 heterocycles. The number of urea groups is 1. The first kappa shape index (κ1) is 16.5. The van der Waals surface area contributed by atoms with Crippen LogP contribution in [0.5, 0.6) is 0 Å². The number of anilines is 1. The third kappa shape index (κ3) is 3.93. The Hall–Kier alpha value is -2.37. The molecule has 0 radical (unpaired) electrons. The second kappa shape index (κ2) is 7.47. The van der Waals surface area contributed by atoms with E-state index in [2.05, 4.69) is 20.6 Å². The van der Waals surface area contributed by atoms with Crippen molar-refractivity contribution >= 4 is 22.8 Å². The van der Waals surface area contributed by atoms with Crippen LogP contribution in [0, 0.1) is 5.92 Å². The molecule has 2 aromatic rings. The number of nitrogens with one attached hydrogen (secondary N) is 2. The molecule has 1 fully saturated rings. The Morgan fingerprint density at radius 3 is 2.71 bits per heavy atom. The number of hydrogen-bond acceptors (Lipinski definition) is 4. The molecule has 0 saturated heterocycles. The summed E-state index contributed by atoms with van der Waals surface area (Å²) in [7, 11) is 0. The molecular weight excluding hydrogens is 302 g/mol. The van der Waals surface area contributed by atoms with Gasteiger partial charge in [-0.2, -0.15) is 0 Å². The van der Waals surface area contributed by atoms with E-state index in [1.54, 1.807) is 12.4 Å². The number of amides is 2. The number of carbonyl (C=O) groups excluding carboxylic acids is 1. The normalized spacial score (nSPS) is 20.7. The van der Waals surface area contributed by atoms with Crippen molar-refractivity contribution in [3.63, 3.8) is 0 Å². The van der Waals surface area contributed by atoms with E-state index in [4.69, 9.17) is 5.73 Å². The Labute approximate surface area is 142 Å². The van der Waals surface area contributed by atoms with Crippen LogP contribution < -0.4 is 16.4 Å². The van der Waals surface area contributed by atoms with Crippen LogP contribution >= 0.6 is 0 Å². The monoisotopic (exact) mass is 327 g/mol. The van der Waals surface area contributed by atoms with Crippen LogP contribution in [0.4, 0.5) is 10.5 Å². The van der Waals surface area contributed by atoms with Crippen molar-refractivity contribution in [3.8, 4) is 0 Å². The summed E-state index contributed by atoms with van der Waals surface area (Å²) in [5.41, 5.74) is 9.75. The minimum Gasteiger partial charge on any atom is -0.399 e. The Morgan fingerprint density at radius 2 is 1.96 bits per heavy atom. The predicted molar refractivity (Wildman–Crippen MR) is 95.6 cm³/mol. The van der Waals surface area contributed by atoms with Gasteiger partial charge in [-0.25, -0.2) is 4.79 Å². The van der Waals surface area contributed by atoms with Crippen LogP contribution in [0.25, 0.3) is 11.0 Å². The Balaban J connectivity index is 1.61. The summed E-state index contributed by atoms with van der Waals surface area (Å²) < 4.78 is 0. The second-order valence-corrected chi connectivity index (χ2v) is 6.53. The van der Waals surface area contributed by atoms with E-state index >= 15 is 0 Å². The standard InChI is InChI=1S/C18H25N5O/c1-2-20-18(24)23-15-5-3-12(4-6-15)9-13-10-14(19)11-16-17(13)22-8-7-21-16/h7-8,10-12,15H,2-6,9,19H2,1H3,(H2,20,23,24). The lowest BCUT2D eigenvalue weighted by molar-refractivity contribution is 0.227. The van der Waals surface area contributed by atoms with E-state index < -0.39 is 0 Å². The molecule has 3 rings (SSSR count). The van der Waals surface area contributed by atoms with Gasteiger partial charge in [-0.1, -0.05) is 0 Å². The largest absolute Gasteiger partial charge is 0.399 e. The van der Waals surface area contributed by atoms with E-state index in [-0.39, 0.29) is 12.1 Å². The zero-order chi connectivity index (χ0) is 16.9. The minimum atomic E-state index is -0.0574. The van der Waals surface area contributed by atoms with Crippen LogP contribution in [-0.2, 0) is 6.42 Å². The number of carbonyl (C=O) groups is 1. The van der Waals surface area contributed by atoms with Gasteiger partial charge in [-0.05, 0) is 62.6 Å². The van der Waals surface area contributed by atoms with E-state index in [1.165, 1.54) is 5.56 Å². The van der Waals surface area contributed by atoms with Crippen molar-refractivity contribution in [3.05, 3.63) is 30.1 Å². The number of nitrogens with zero attached hydrogens (tertiary/aromatic N) is 2. The van der Waals surface area contributed by atoms with Crippen LogP contribution in [0.2, 0.25) is 0 Å². The first-order chi connectivity index (χ1) is 11.7. The lowest BCUT2D eigenvalue weighted by Crippen LogP contribution is -2.43. The van der Waals surface area contributed by atoms with Gasteiger partial charge in [0.05, 0.1) is 11.0 Å². The molecular formula is C18H25N5O. The fourth-order valence-electron chi connectivity index (χ4n) is 3.55. The number of nitrogen functional groups attached to an aromatic ring is 1. The SMILES string of the molecule is CCNC(=O)NC1CCC(Cc2cc(N)cc3nccnc23)CC1. The lowest BCUT2D eigenvalue weighted by atomic mass is 9.82. The Kier molecular flexibility index (Phi) is 5.13. The lowest BCUT2D eigenvalue weighted by Gasteiger charge is -2.29. The van der Waals surface area contributed by atoms with Crippen LogP contribution in [0.15, 0.2) is 24.5 Å². The maximum atomic E-state index is 11.6. The smallest absolute Gasteiger partial charge is 0.314 e. The fourth-order valence-corrected chi connectivity index (χ4v) is 3.55. The summed E-state index contributed by atoms with van der Waals surface area (Å²) in [6, 6.07) is 4.12. The van der Waals surface area contributed by atoms with Gasteiger partial charge in [0.25, 0.3) is 0 Å². The van der Waals surface area contributed by atoms with Crippen LogP contribution in [-0.4, -0.2) is 28.6 Å². The van der Waals surface area contributed by atoms with Crippen molar-refractivity contribution < 1.29 is 4.79 Å². The molecule has 0 unspecified atom stereocenters. The van der Waals surface area contributed by atoms with Gasteiger partial charge in [-0.15, -0.1) is 0 Å². The number of aromatic nitrogens is 2. The molecule has 0 aliphatic heterocycles. The maximum Gasteiger partial charge on any atom is 0.314 e. The maximum absolute atomic E-state index is 11.6. The second-order valence-electron chi connectivity index (χ2n) is 6.53. The highest BCUT2D eigenvalue weighted by Crippen LogP contribution is 2.30. The van der Waals surface area contributed by atoms with Gasteiger partial charge < -0.3 is 16.4 Å². The van der Waals surface area contributed by atoms with Gasteiger partial charge in [0, 0.05) is 30.7 Å². The van der Waals surface area contributed by atoms with Crippen LogP contribution in [0.3, 0.4) is 0 Å². The third-order valence-corrected chi connectivity index (χ3v) is 4.70. The van der Waals surface area contributed by atoms with E-state index in [9.17, 15) is 4.79 Å². The number of fused-ring (bicyclic) bond motifs is 1. The molecule has 4 N–H and O–H groups in total. The third-order valence-electron chi connectivity index (χ3n) is 4.70. The molecule has 1 aromatic carbocycles. The highest BCUT2D eigenvalue weighted by atomic mass is 16.2. The van der Waals surface area contributed by atoms with Gasteiger partial charge in [-0.3, -0.25) is 9.97 Å². The molecule has 2 amide bonds. The molecule has 0 atom stereocenters. The van der Waals surface area contributed by atoms with Crippen molar-refractivity contribution in [1.29, 1.82) is 0 Å². The molecule has 128 valence electrons. The molecule has 0 bridgehead atoms. The predicted octanol–water partition coefficient (Wildman–Crippen LogP) is 2.63. The summed E-state index contributed by atoms with van der Waals surface area (Å²) in [6.45, 7) is 2.58. The first-order valence-electron chi connectivity index (χ1n) is 8.69. The molecule has 6 heteroatoms. The summed E-state index contributed by atoms with van der Waals surface area (Å²) in [4.78, 5) is 20.5. The molecule has 24 heavy (non-hydrogen) atoms. The van der Waals surface area contributed by atoms with Crippen molar-refractivity contribution in [2.75, 3.05) is 12.3 Å². The highest BCUT2D eigenvalue weighted by molar-refractivity contribution is 5.81. The molecule has 1 saturated carbocycles. The zero-order valence-electron chi connectivity index (χ0n) is 14.1. The summed E-state index contributed by atoms with van der Waals surface area (Å²) in [5.74, 6) is 0.601. The van der Waals surface area contributed by atoms with Gasteiger partial charge in [0.15, 0.2) is 0 Å². The first-order valence-corrected chi connectivity index (χ1v) is 8.69. The number of nitrogens with two attached hydrogens (primary N) is 1. The van der Waals surface area contributed by atoms with E-state index in [0.717, 1.165) is 48.8 Å². The average molecular weight is 327 g/mol. The summed E-state index contributed by atoms with van der Waals surface area (Å²) >= 11 is 0. The molecule has 6 nitrogen and oxygen atoms in total. The van der Waals surface area contributed by atoms with Gasteiger partial charge in [0.2, 0.25) is 0 Å². The minimum absolute atomic E-state index is 0.0574. The number of rotatable bonds is 4. The van der Waals surface area contributed by atoms with Crippen LogP contribution in [0.1, 0.15) is 38.2 Å². The fraction of sp³-hybridized carbons (Fsp3) is 0.500. The molecule has 1 aliphatic carbocycles. The van der Waals surface area contributed by atoms with Crippen molar-refractivity contribution in [2.24, 2.45) is 5.92 Å². The van der Waals surface area contributed by atoms with Gasteiger partial charge >= 0.3 is 6.03 Å². The van der Waals surface area contributed by atoms with Gasteiger partial charge in [0.1, 0.15) is 0 Å². The Morgan fingerprint density at radius 1 is 1.21 bits per heavy atom. The number of benzene rings is 1. The van der Waals surface area contributed by atoms with Crippen molar-refractivity contribution in [2.45, 2.75) is 45.1 Å². The van der Waals surface area contributed by atoms with E-state index in [1.807, 2.05) is 19.1 Å². The van der Waals surface area contributed by atoms with Crippen molar-refractivity contribution in [1.82, 2.24) is 20.6 Å². The quantitative estimate of drug-likeness (QED) is 0.753. The average Bonchev–Trinajstić information content (AvgIpc) is 2.57. The summed E-state index contributed by atoms with van der Waals surface area (Å²) in [6.07, 6.45) is 8.65. The number of hydrogen-bond donors (Lipinski definition) is 3. The zero-order valence-corrected chi connectivity index (χ0v) is 14.1. The highest BCUT2D eigenvalue weighted by Gasteiger charge is 2.23. The van der Waals surface area contributed by atoms with E-state index in [0.29, 0.717) is 12.5 Å². The summed E-state index contributed by atoms with van der Waals surface area (Å²) in [5, 5.41) is 5.84.